The molecule has 4 atom stereocenters. The van der Waals surface area contributed by atoms with Crippen molar-refractivity contribution >= 4 is 84.6 Å². The zero-order valence-electron chi connectivity index (χ0n) is 56.9. The normalized spacial score (nSPS) is 21.2. The van der Waals surface area contributed by atoms with Gasteiger partial charge in [0.1, 0.15) is 34.1 Å². The molecular weight excluding hydrogens is 1290 g/mol. The van der Waals surface area contributed by atoms with Crippen molar-refractivity contribution in [1.82, 2.24) is 30.0 Å². The second-order valence-corrected chi connectivity index (χ2v) is 28.0. The summed E-state index contributed by atoms with van der Waals surface area (Å²) in [5.41, 5.74) is 21.3. The number of azo groups is 2. The van der Waals surface area contributed by atoms with Crippen LogP contribution in [0.1, 0.15) is 160 Å². The van der Waals surface area contributed by atoms with E-state index in [1.165, 1.54) is 68.3 Å². The van der Waals surface area contributed by atoms with Gasteiger partial charge in [0.05, 0.1) is 21.9 Å². The van der Waals surface area contributed by atoms with E-state index in [9.17, 15) is 19.8 Å². The van der Waals surface area contributed by atoms with E-state index in [1.807, 2.05) is 73.7 Å². The van der Waals surface area contributed by atoms with Crippen LogP contribution in [0.3, 0.4) is 0 Å². The van der Waals surface area contributed by atoms with Gasteiger partial charge in [-0.1, -0.05) is 61.0 Å². The Hall–Kier alpha value is -8.24. The maximum absolute atomic E-state index is 11.7. The van der Waals surface area contributed by atoms with E-state index in [2.05, 4.69) is 114 Å². The molecule has 8 aliphatic heterocycles. The molecule has 8 aliphatic rings. The van der Waals surface area contributed by atoms with Gasteiger partial charge in [-0.2, -0.15) is 0 Å². The summed E-state index contributed by atoms with van der Waals surface area (Å²) >= 11 is 3.39. The van der Waals surface area contributed by atoms with E-state index in [1.54, 1.807) is 24.5 Å². The highest BCUT2D eigenvalue weighted by Gasteiger charge is 2.30. The van der Waals surface area contributed by atoms with Crippen LogP contribution < -0.4 is 20.5 Å². The molecular formula is C77H90BrN11O8. The average molecular weight is 1380 g/mol. The quantitative estimate of drug-likeness (QED) is 0.0982. The van der Waals surface area contributed by atoms with E-state index in [0.717, 1.165) is 173 Å². The minimum absolute atomic E-state index is 0.0807. The number of furan rings is 2. The van der Waals surface area contributed by atoms with E-state index in [-0.39, 0.29) is 42.3 Å². The van der Waals surface area contributed by atoms with Gasteiger partial charge in [0, 0.05) is 109 Å². The fraction of sp³-hybridized carbons (Fsp3) is 0.429. The maximum atomic E-state index is 11.7. The number of ketones is 2. The molecule has 4 aromatic carbocycles. The summed E-state index contributed by atoms with van der Waals surface area (Å²) in [5, 5.41) is 43.7. The van der Waals surface area contributed by atoms with E-state index >= 15 is 0 Å². The molecule has 5 N–H and O–H groups in total. The lowest BCUT2D eigenvalue weighted by Crippen LogP contribution is -2.42. The number of ether oxygens (including phenoxy) is 2. The number of nitrogens with two attached hydrogens (primary N) is 1. The number of pyridine rings is 2. The van der Waals surface area contributed by atoms with Crippen LogP contribution >= 0.6 is 15.9 Å². The van der Waals surface area contributed by atoms with Gasteiger partial charge in [-0.15, -0.1) is 20.5 Å². The molecule has 8 aromatic rings. The first kappa shape index (κ1) is 68.7. The second kappa shape index (κ2) is 31.1. The number of fused-ring (bicyclic) bond motifs is 6. The molecule has 4 aromatic heterocycles. The van der Waals surface area contributed by atoms with Gasteiger partial charge < -0.3 is 39.6 Å². The van der Waals surface area contributed by atoms with Crippen LogP contribution in [0.25, 0.3) is 45.5 Å². The molecule has 0 saturated carbocycles. The van der Waals surface area contributed by atoms with Crippen molar-refractivity contribution in [2.75, 3.05) is 65.6 Å². The van der Waals surface area contributed by atoms with Crippen LogP contribution in [0.15, 0.2) is 114 Å². The highest BCUT2D eigenvalue weighted by atomic mass is 79.9. The monoisotopic (exact) mass is 1380 g/mol. The molecule has 12 heterocycles. The molecule has 0 amide bonds. The van der Waals surface area contributed by atoms with Gasteiger partial charge in [0.2, 0.25) is 11.6 Å². The molecule has 0 unspecified atom stereocenters. The summed E-state index contributed by atoms with van der Waals surface area (Å²) in [5.74, 6) is 6.43. The van der Waals surface area contributed by atoms with Crippen LogP contribution in [0.4, 0.5) is 11.6 Å². The first-order valence-electron chi connectivity index (χ1n) is 34.4. The average Bonchev–Trinajstić information content (AvgIpc) is 1.65. The number of carbonyl (C=O) groups is 2. The van der Waals surface area contributed by atoms with Crippen LogP contribution in [0.2, 0.25) is 0 Å². The van der Waals surface area contributed by atoms with Crippen molar-refractivity contribution in [2.24, 2.45) is 43.9 Å². The summed E-state index contributed by atoms with van der Waals surface area (Å²) in [6.45, 7) is 27.0. The first-order valence-corrected chi connectivity index (χ1v) is 35.5. The molecule has 0 bridgehead atoms. The predicted molar refractivity (Wildman–Crippen MR) is 384 cm³/mol. The maximum Gasteiger partial charge on any atom is 0.203 e. The standard InChI is InChI=1S/C23H24N4O2.C22H23N5O2.C16H21NO2.C10H9BrO2.C6H13N/c1-14-5-4-10-27(12-14)13-18-15(2)7-8-17-21(28)20(29-22(17)18)11-19-16-6-3-9-24-23(16)26-25-19;1-13-6-7-16-20(28)19(10-18-15-5-2-8-24-22(15)26-25-18)29-21(16)17(13)12-27-9-3-4-14(23)11-27;1-11-4-3-7-17(8-11)9-14-12(2)5-6-13-15(18)10-19-16(13)14;1-6-2-3-7-9(12)5-13-10(7)8(6)4-11;1-6-3-2-4-7-5-6/h3,6-9,11,14,28H,4-5,10,12-13H2,1-2H3;2,5-8,10,14,28H,3-4,9,11-12,23H2,1H3;5-6,11H,3-4,7-10H2,1-2H3;2-3H,4-5H2,1H3;6-7H,2-5H2,1H3/t2*14-;11-;;6-/m000.0/s1. The lowest BCUT2D eigenvalue weighted by molar-refractivity contribution is 0.0954. The zero-order valence-corrected chi connectivity index (χ0v) is 58.5. The van der Waals surface area contributed by atoms with Crippen LogP contribution in [0, 0.1) is 45.4 Å². The van der Waals surface area contributed by atoms with Crippen LogP contribution in [-0.4, -0.2) is 118 Å². The summed E-state index contributed by atoms with van der Waals surface area (Å²) in [6, 6.07) is 23.4. The Morgan fingerprint density at radius 1 is 0.546 bits per heavy atom. The molecule has 97 heavy (non-hydrogen) atoms. The van der Waals surface area contributed by atoms with Gasteiger partial charge in [-0.3, -0.25) is 24.3 Å². The van der Waals surface area contributed by atoms with Gasteiger partial charge in [0.15, 0.2) is 47.9 Å². The van der Waals surface area contributed by atoms with E-state index in [4.69, 9.17) is 24.0 Å². The fourth-order valence-corrected chi connectivity index (χ4v) is 14.9. The number of carbonyl (C=O) groups excluding carboxylic acids is 2. The van der Waals surface area contributed by atoms with Crippen molar-refractivity contribution in [3.05, 3.63) is 163 Å². The van der Waals surface area contributed by atoms with Gasteiger partial charge in [-0.25, -0.2) is 9.97 Å². The number of piperidine rings is 4. The number of hydrogen-bond donors (Lipinski definition) is 4. The van der Waals surface area contributed by atoms with Crippen molar-refractivity contribution in [2.45, 2.75) is 131 Å². The molecule has 20 heteroatoms. The minimum atomic E-state index is 0.0807. The molecule has 19 nitrogen and oxygen atoms in total. The third-order valence-corrected chi connectivity index (χ3v) is 20.2. The van der Waals surface area contributed by atoms with Gasteiger partial charge >= 0.3 is 0 Å². The topological polar surface area (TPSA) is 242 Å². The summed E-state index contributed by atoms with van der Waals surface area (Å²) in [4.78, 5) is 38.8. The Morgan fingerprint density at radius 3 is 1.44 bits per heavy atom. The molecule has 0 aliphatic carbocycles. The number of aromatic nitrogens is 2. The lowest BCUT2D eigenvalue weighted by atomic mass is 9.97. The number of aryl methyl sites for hydroxylation is 4. The smallest absolute Gasteiger partial charge is 0.203 e. The van der Waals surface area contributed by atoms with Gasteiger partial charge in [-0.05, 0) is 200 Å². The number of likely N-dealkylation sites (tertiary alicyclic amines) is 3. The van der Waals surface area contributed by atoms with E-state index in [0.29, 0.717) is 39.9 Å². The lowest BCUT2D eigenvalue weighted by Gasteiger charge is -2.31. The number of rotatable bonds is 9. The highest BCUT2D eigenvalue weighted by molar-refractivity contribution is 9.08. The Bertz CT molecular complexity index is 4160. The number of hydrogen-bond acceptors (Lipinski definition) is 19. The Kier molecular flexibility index (Phi) is 22.0. The largest absolute Gasteiger partial charge is 0.504 e. The number of benzene rings is 4. The third kappa shape index (κ3) is 15.9. The Balaban J connectivity index is 0.000000123. The molecule has 4 saturated heterocycles. The molecule has 0 spiro atoms. The summed E-state index contributed by atoms with van der Waals surface area (Å²) < 4.78 is 23.3. The van der Waals surface area contributed by atoms with Crippen molar-refractivity contribution in [3.63, 3.8) is 0 Å². The summed E-state index contributed by atoms with van der Waals surface area (Å²) in [7, 11) is 0. The molecule has 508 valence electrons. The van der Waals surface area contributed by atoms with E-state index < -0.39 is 0 Å². The van der Waals surface area contributed by atoms with Crippen LogP contribution in [0.5, 0.6) is 23.0 Å². The Morgan fingerprint density at radius 2 is 0.990 bits per heavy atom. The van der Waals surface area contributed by atoms with Crippen molar-refractivity contribution in [1.29, 1.82) is 0 Å². The van der Waals surface area contributed by atoms with Crippen molar-refractivity contribution in [3.8, 4) is 23.0 Å². The number of nitrogens with one attached hydrogen (secondary N) is 1. The predicted octanol–water partition coefficient (Wildman–Crippen LogP) is 16.3. The number of aromatic hydroxyl groups is 2. The third-order valence-electron chi connectivity index (χ3n) is 19.7. The second-order valence-electron chi connectivity index (χ2n) is 27.4. The number of alkyl halides is 1. The minimum Gasteiger partial charge on any atom is -0.504 e. The van der Waals surface area contributed by atoms with Crippen LogP contribution in [-0.2, 0) is 25.0 Å². The summed E-state index contributed by atoms with van der Waals surface area (Å²) in [6.07, 6.45) is 17.0. The SMILES string of the molecule is C[C@H]1CCCNC1.Cc1ccc2c(O)c(C=C3N=Nc4ncccc43)oc2c1CN1CCC[C@H](C)C1.Cc1ccc2c(O)c(C=C3N=Nc4ncccc43)oc2c1CN1CCC[C@H](N)C1.Cc1ccc2c(c1CBr)OCC2=O.Cc1ccc2c(c1CN1CCC[C@H](C)C1)OCC2=O. The number of nitrogens with zero attached hydrogens (tertiary/aromatic N) is 9. The first-order chi connectivity index (χ1) is 47.0. The molecule has 4 fully saturated rings. The molecule has 0 radical (unpaired) electrons. The number of Topliss-reactive ketones (excluding diaryl/α,β-unsaturated/α-hetero) is 2. The highest BCUT2D eigenvalue weighted by Crippen LogP contribution is 2.44. The van der Waals surface area contributed by atoms with Gasteiger partial charge in [0.25, 0.3) is 0 Å². The molecule has 16 rings (SSSR count). The number of halogens is 1. The Labute approximate surface area is 576 Å². The zero-order chi connectivity index (χ0) is 67.9. The fourth-order valence-electron chi connectivity index (χ4n) is 14.2. The van der Waals surface area contributed by atoms with Crippen molar-refractivity contribution < 1.29 is 38.1 Å².